The molecule has 116 valence electrons. The Labute approximate surface area is 131 Å². The smallest absolute Gasteiger partial charge is 0.257 e. The number of amides is 1. The second-order valence-corrected chi connectivity index (χ2v) is 6.04. The topological polar surface area (TPSA) is 52.6 Å². The van der Waals surface area contributed by atoms with E-state index in [9.17, 15) is 9.90 Å². The summed E-state index contributed by atoms with van der Waals surface area (Å²) in [6.07, 6.45) is 3.10. The molecule has 1 aromatic carbocycles. The molecule has 1 amide bonds. The van der Waals surface area contributed by atoms with Crippen molar-refractivity contribution in [3.63, 3.8) is 0 Å². The van der Waals surface area contributed by atoms with Crippen LogP contribution in [0.3, 0.4) is 0 Å². The van der Waals surface area contributed by atoms with E-state index in [-0.39, 0.29) is 11.7 Å². The Hall–Kier alpha value is -1.26. The Morgan fingerprint density at radius 2 is 2.14 bits per heavy atom. The summed E-state index contributed by atoms with van der Waals surface area (Å²) in [5.41, 5.74) is 0.335. The van der Waals surface area contributed by atoms with Crippen LogP contribution in [0, 0.1) is 5.92 Å². The van der Waals surface area contributed by atoms with E-state index < -0.39 is 0 Å². The lowest BCUT2D eigenvalue weighted by atomic mass is 9.97. The minimum atomic E-state index is -0.107. The minimum absolute atomic E-state index is 0.0427. The van der Waals surface area contributed by atoms with Gasteiger partial charge in [0.1, 0.15) is 5.75 Å². The molecule has 4 nitrogen and oxygen atoms in total. The van der Waals surface area contributed by atoms with Gasteiger partial charge in [0.25, 0.3) is 5.91 Å². The highest BCUT2D eigenvalue weighted by molar-refractivity contribution is 6.30. The third kappa shape index (κ3) is 4.35. The number of nitrogens with zero attached hydrogens (tertiary/aromatic N) is 1. The summed E-state index contributed by atoms with van der Waals surface area (Å²) in [4.78, 5) is 14.5. The zero-order valence-electron chi connectivity index (χ0n) is 12.4. The van der Waals surface area contributed by atoms with Gasteiger partial charge in [-0.25, -0.2) is 0 Å². The first kappa shape index (κ1) is 16.1. The summed E-state index contributed by atoms with van der Waals surface area (Å²) in [6.45, 7) is 5.57. The van der Waals surface area contributed by atoms with Crippen molar-refractivity contribution in [3.05, 3.63) is 28.8 Å². The third-order valence-electron chi connectivity index (χ3n) is 3.91. The molecule has 1 heterocycles. The predicted molar refractivity (Wildman–Crippen MR) is 84.9 cm³/mol. The van der Waals surface area contributed by atoms with Crippen molar-refractivity contribution in [2.75, 3.05) is 26.2 Å². The maximum absolute atomic E-state index is 12.6. The molecule has 1 saturated heterocycles. The molecule has 5 heteroatoms. The van der Waals surface area contributed by atoms with Crippen LogP contribution in [0.15, 0.2) is 18.2 Å². The van der Waals surface area contributed by atoms with Crippen molar-refractivity contribution < 1.29 is 9.90 Å². The van der Waals surface area contributed by atoms with Crippen molar-refractivity contribution in [1.29, 1.82) is 0 Å². The first-order valence-corrected chi connectivity index (χ1v) is 7.98. The lowest BCUT2D eigenvalue weighted by Crippen LogP contribution is -2.39. The molecule has 2 N–H and O–H groups in total. The Bertz CT molecular complexity index is 487. The van der Waals surface area contributed by atoms with Crippen LogP contribution in [-0.2, 0) is 0 Å². The number of rotatable bonds is 5. The van der Waals surface area contributed by atoms with Crippen molar-refractivity contribution >= 4 is 17.5 Å². The number of aromatic hydroxyl groups is 1. The SMILES string of the molecule is CCCN(CC1CCNCC1)C(=O)c1ccc(Cl)cc1O. The molecule has 0 radical (unpaired) electrons. The highest BCUT2D eigenvalue weighted by Gasteiger charge is 2.23. The number of hydrogen-bond donors (Lipinski definition) is 2. The normalized spacial score (nSPS) is 15.9. The zero-order valence-corrected chi connectivity index (χ0v) is 13.2. The molecule has 0 saturated carbocycles. The quantitative estimate of drug-likeness (QED) is 0.879. The summed E-state index contributed by atoms with van der Waals surface area (Å²) in [5, 5.41) is 13.7. The fraction of sp³-hybridized carbons (Fsp3) is 0.562. The van der Waals surface area contributed by atoms with Crippen LogP contribution in [0.1, 0.15) is 36.5 Å². The molecule has 0 aromatic heterocycles. The van der Waals surface area contributed by atoms with Crippen molar-refractivity contribution in [2.24, 2.45) is 5.92 Å². The van der Waals surface area contributed by atoms with Crippen LogP contribution in [-0.4, -0.2) is 42.1 Å². The van der Waals surface area contributed by atoms with E-state index in [0.717, 1.165) is 38.9 Å². The van der Waals surface area contributed by atoms with E-state index >= 15 is 0 Å². The van der Waals surface area contributed by atoms with E-state index in [2.05, 4.69) is 12.2 Å². The zero-order chi connectivity index (χ0) is 15.2. The molecule has 2 rings (SSSR count). The van der Waals surface area contributed by atoms with Crippen molar-refractivity contribution in [3.8, 4) is 5.75 Å². The fourth-order valence-electron chi connectivity index (χ4n) is 2.78. The van der Waals surface area contributed by atoms with Crippen LogP contribution in [0.2, 0.25) is 5.02 Å². The number of piperidine rings is 1. The summed E-state index contributed by atoms with van der Waals surface area (Å²) in [7, 11) is 0. The Morgan fingerprint density at radius 3 is 2.76 bits per heavy atom. The Balaban J connectivity index is 2.10. The average molecular weight is 311 g/mol. The summed E-state index contributed by atoms with van der Waals surface area (Å²) >= 11 is 5.83. The summed E-state index contributed by atoms with van der Waals surface area (Å²) in [5.74, 6) is 0.389. The minimum Gasteiger partial charge on any atom is -0.507 e. The number of phenols is 1. The molecule has 1 aromatic rings. The molecule has 1 fully saturated rings. The van der Waals surface area contributed by atoms with Crippen LogP contribution >= 0.6 is 11.6 Å². The van der Waals surface area contributed by atoms with Gasteiger partial charge in [0.15, 0.2) is 0 Å². The molecule has 0 spiro atoms. The van der Waals surface area contributed by atoms with Gasteiger partial charge in [0.2, 0.25) is 0 Å². The summed E-state index contributed by atoms with van der Waals surface area (Å²) in [6, 6.07) is 4.66. The number of carbonyl (C=O) groups excluding carboxylic acids is 1. The first-order chi connectivity index (χ1) is 10.1. The van der Waals surface area contributed by atoms with Crippen LogP contribution in [0.25, 0.3) is 0 Å². The van der Waals surface area contributed by atoms with Gasteiger partial charge in [-0.3, -0.25) is 4.79 Å². The number of halogens is 1. The van der Waals surface area contributed by atoms with Gasteiger partial charge in [0.05, 0.1) is 5.56 Å². The molecule has 0 unspecified atom stereocenters. The third-order valence-corrected chi connectivity index (χ3v) is 4.14. The summed E-state index contributed by atoms with van der Waals surface area (Å²) < 4.78 is 0. The van der Waals surface area contributed by atoms with Gasteiger partial charge in [-0.2, -0.15) is 0 Å². The molecular formula is C16H23ClN2O2. The van der Waals surface area contributed by atoms with E-state index in [1.165, 1.54) is 6.07 Å². The van der Waals surface area contributed by atoms with E-state index in [1.54, 1.807) is 12.1 Å². The maximum Gasteiger partial charge on any atom is 0.257 e. The standard InChI is InChI=1S/C16H23ClN2O2/c1-2-9-19(11-12-5-7-18-8-6-12)16(21)14-4-3-13(17)10-15(14)20/h3-4,10,12,18,20H,2,5-9,11H2,1H3. The van der Waals surface area contributed by atoms with E-state index in [4.69, 9.17) is 11.6 Å². The molecule has 0 bridgehead atoms. The second-order valence-electron chi connectivity index (χ2n) is 5.61. The van der Waals surface area contributed by atoms with Crippen LogP contribution in [0.4, 0.5) is 0 Å². The van der Waals surface area contributed by atoms with Crippen LogP contribution < -0.4 is 5.32 Å². The van der Waals surface area contributed by atoms with Gasteiger partial charge >= 0.3 is 0 Å². The second kappa shape index (κ2) is 7.66. The molecule has 0 atom stereocenters. The van der Waals surface area contributed by atoms with Gasteiger partial charge in [-0.15, -0.1) is 0 Å². The van der Waals surface area contributed by atoms with Crippen molar-refractivity contribution in [2.45, 2.75) is 26.2 Å². The van der Waals surface area contributed by atoms with Gasteiger partial charge < -0.3 is 15.3 Å². The number of hydrogen-bond acceptors (Lipinski definition) is 3. The van der Waals surface area contributed by atoms with Gasteiger partial charge in [0, 0.05) is 18.1 Å². The molecular weight excluding hydrogens is 288 g/mol. The lowest BCUT2D eigenvalue weighted by Gasteiger charge is -2.30. The predicted octanol–water partition coefficient (Wildman–Crippen LogP) is 2.90. The first-order valence-electron chi connectivity index (χ1n) is 7.60. The Morgan fingerprint density at radius 1 is 1.43 bits per heavy atom. The monoisotopic (exact) mass is 310 g/mol. The molecule has 0 aliphatic carbocycles. The van der Waals surface area contributed by atoms with E-state index in [1.807, 2.05) is 4.90 Å². The number of carbonyl (C=O) groups is 1. The van der Waals surface area contributed by atoms with Crippen molar-refractivity contribution in [1.82, 2.24) is 10.2 Å². The van der Waals surface area contributed by atoms with Crippen LogP contribution in [0.5, 0.6) is 5.75 Å². The number of phenolic OH excluding ortho intramolecular Hbond substituents is 1. The Kier molecular flexibility index (Phi) is 5.88. The molecule has 21 heavy (non-hydrogen) atoms. The highest BCUT2D eigenvalue weighted by atomic mass is 35.5. The maximum atomic E-state index is 12.6. The highest BCUT2D eigenvalue weighted by Crippen LogP contribution is 2.24. The molecule has 1 aliphatic heterocycles. The molecule has 1 aliphatic rings. The average Bonchev–Trinajstić information content (AvgIpc) is 2.47. The largest absolute Gasteiger partial charge is 0.507 e. The fourth-order valence-corrected chi connectivity index (χ4v) is 2.94. The van der Waals surface area contributed by atoms with E-state index in [0.29, 0.717) is 23.0 Å². The number of nitrogens with one attached hydrogen (secondary N) is 1. The lowest BCUT2D eigenvalue weighted by molar-refractivity contribution is 0.0713. The van der Waals surface area contributed by atoms with Gasteiger partial charge in [-0.1, -0.05) is 18.5 Å². The van der Waals surface area contributed by atoms with Gasteiger partial charge in [-0.05, 0) is 56.5 Å². The number of benzene rings is 1.